The van der Waals surface area contributed by atoms with Crippen molar-refractivity contribution in [3.63, 3.8) is 0 Å². The Morgan fingerprint density at radius 2 is 1.71 bits per heavy atom. The second-order valence-electron chi connectivity index (χ2n) is 12.2. The van der Waals surface area contributed by atoms with Crippen LogP contribution in [0.25, 0.3) is 0 Å². The third-order valence-corrected chi connectivity index (χ3v) is 9.16. The van der Waals surface area contributed by atoms with E-state index in [1.165, 1.54) is 6.42 Å². The van der Waals surface area contributed by atoms with Gasteiger partial charge in [-0.25, -0.2) is 4.79 Å². The highest BCUT2D eigenvalue weighted by Crippen LogP contribution is 2.38. The summed E-state index contributed by atoms with van der Waals surface area (Å²) < 4.78 is 10.9. The van der Waals surface area contributed by atoms with E-state index in [0.29, 0.717) is 38.4 Å². The zero-order chi connectivity index (χ0) is 29.5. The molecule has 2 amide bonds. The molecule has 2 fully saturated rings. The van der Waals surface area contributed by atoms with Crippen LogP contribution >= 0.6 is 0 Å². The van der Waals surface area contributed by atoms with Gasteiger partial charge in [0.25, 0.3) is 0 Å². The Morgan fingerprint density at radius 1 is 1.00 bits per heavy atom. The number of nitrogens with one attached hydrogen (secondary N) is 2. The third kappa shape index (κ3) is 7.69. The molecule has 228 valence electrons. The second kappa shape index (κ2) is 14.5. The van der Waals surface area contributed by atoms with E-state index in [1.54, 1.807) is 0 Å². The molecule has 3 aliphatic rings. The average Bonchev–Trinajstić information content (AvgIpc) is 3.60. The Morgan fingerprint density at radius 3 is 2.43 bits per heavy atom. The lowest BCUT2D eigenvalue weighted by molar-refractivity contribution is -0.127. The van der Waals surface area contributed by atoms with Crippen molar-refractivity contribution in [2.45, 2.75) is 94.2 Å². The first-order valence-corrected chi connectivity index (χ1v) is 15.5. The molecule has 2 aliphatic carbocycles. The maximum atomic E-state index is 13.9. The molecule has 0 bridgehead atoms. The number of aliphatic hydroxyl groups is 2. The van der Waals surface area contributed by atoms with Crippen LogP contribution in [-0.4, -0.2) is 59.8 Å². The first-order valence-electron chi connectivity index (χ1n) is 15.5. The fourth-order valence-corrected chi connectivity index (χ4v) is 6.78. The first kappa shape index (κ1) is 30.5. The summed E-state index contributed by atoms with van der Waals surface area (Å²) in [5, 5.41) is 28.5. The highest BCUT2D eigenvalue weighted by Gasteiger charge is 2.40. The highest BCUT2D eigenvalue weighted by atomic mass is 16.6. The number of carbonyl (C=O) groups excluding carboxylic acids is 2. The van der Waals surface area contributed by atoms with E-state index in [1.807, 2.05) is 54.6 Å². The van der Waals surface area contributed by atoms with Crippen molar-refractivity contribution in [2.24, 2.45) is 17.6 Å². The fourth-order valence-electron chi connectivity index (χ4n) is 6.78. The van der Waals surface area contributed by atoms with Crippen LogP contribution in [0.1, 0.15) is 80.1 Å². The number of amides is 2. The van der Waals surface area contributed by atoms with Crippen molar-refractivity contribution in [1.82, 2.24) is 10.6 Å². The van der Waals surface area contributed by atoms with Crippen LogP contribution < -0.4 is 16.4 Å². The van der Waals surface area contributed by atoms with Gasteiger partial charge in [0.2, 0.25) is 5.91 Å². The summed E-state index contributed by atoms with van der Waals surface area (Å²) in [6.07, 6.45) is 4.66. The molecule has 1 aliphatic heterocycles. The number of nitrogens with two attached hydrogens (primary N) is 1. The van der Waals surface area contributed by atoms with E-state index in [-0.39, 0.29) is 18.4 Å². The van der Waals surface area contributed by atoms with E-state index in [0.717, 1.165) is 42.4 Å². The molecule has 9 nitrogen and oxygen atoms in total. The number of alkyl carbamates (subject to hydrolysis) is 1. The quantitative estimate of drug-likeness (QED) is 0.273. The monoisotopic (exact) mass is 579 g/mol. The van der Waals surface area contributed by atoms with Crippen molar-refractivity contribution in [3.8, 4) is 0 Å². The van der Waals surface area contributed by atoms with Gasteiger partial charge in [-0.2, -0.15) is 0 Å². The zero-order valence-corrected chi connectivity index (χ0v) is 24.2. The Hall–Kier alpha value is -2.98. The van der Waals surface area contributed by atoms with Crippen molar-refractivity contribution >= 4 is 12.0 Å². The third-order valence-electron chi connectivity index (χ3n) is 9.16. The molecule has 2 aromatic carbocycles. The van der Waals surface area contributed by atoms with Gasteiger partial charge < -0.3 is 36.1 Å². The Kier molecular flexibility index (Phi) is 10.5. The van der Waals surface area contributed by atoms with E-state index in [2.05, 4.69) is 10.6 Å². The molecule has 1 saturated heterocycles. The van der Waals surface area contributed by atoms with Crippen LogP contribution in [0, 0.1) is 11.8 Å². The van der Waals surface area contributed by atoms with Crippen LogP contribution in [0.3, 0.4) is 0 Å². The molecule has 0 radical (unpaired) electrons. The molecule has 0 aromatic heterocycles. The number of hydrogen-bond donors (Lipinski definition) is 5. The lowest BCUT2D eigenvalue weighted by Crippen LogP contribution is -2.48. The van der Waals surface area contributed by atoms with Crippen molar-refractivity contribution in [1.29, 1.82) is 0 Å². The van der Waals surface area contributed by atoms with Gasteiger partial charge in [0.05, 0.1) is 43.5 Å². The van der Waals surface area contributed by atoms with Crippen LogP contribution in [-0.2, 0) is 20.7 Å². The Bertz CT molecular complexity index is 1170. The molecular weight excluding hydrogens is 534 g/mol. The van der Waals surface area contributed by atoms with Gasteiger partial charge in [-0.05, 0) is 41.9 Å². The number of ether oxygens (including phenoxy) is 2. The Balaban J connectivity index is 1.32. The summed E-state index contributed by atoms with van der Waals surface area (Å²) in [7, 11) is 0. The van der Waals surface area contributed by atoms with Crippen LogP contribution in [0.15, 0.2) is 54.6 Å². The minimum Gasteiger partial charge on any atom is -0.444 e. The van der Waals surface area contributed by atoms with Crippen molar-refractivity contribution in [3.05, 3.63) is 71.3 Å². The summed E-state index contributed by atoms with van der Waals surface area (Å²) in [5.41, 5.74) is 8.86. The molecule has 9 heteroatoms. The smallest absolute Gasteiger partial charge is 0.407 e. The maximum absolute atomic E-state index is 13.9. The number of benzene rings is 2. The number of rotatable bonds is 11. The van der Waals surface area contributed by atoms with E-state index < -0.39 is 42.3 Å². The first-order chi connectivity index (χ1) is 20.4. The number of fused-ring (bicyclic) bond motifs is 1. The van der Waals surface area contributed by atoms with Crippen molar-refractivity contribution < 1.29 is 29.3 Å². The molecule has 7 atom stereocenters. The molecule has 0 spiro atoms. The minimum atomic E-state index is -0.971. The Labute approximate surface area is 248 Å². The molecule has 6 N–H and O–H groups in total. The number of carbonyl (C=O) groups is 2. The minimum absolute atomic E-state index is 0.140. The lowest BCUT2D eigenvalue weighted by Gasteiger charge is -2.32. The van der Waals surface area contributed by atoms with Gasteiger partial charge in [-0.3, -0.25) is 4.79 Å². The summed E-state index contributed by atoms with van der Waals surface area (Å²) in [6, 6.07) is 15.4. The molecule has 1 saturated carbocycles. The van der Waals surface area contributed by atoms with Gasteiger partial charge >= 0.3 is 6.09 Å². The van der Waals surface area contributed by atoms with Crippen LogP contribution in [0.4, 0.5) is 4.79 Å². The maximum Gasteiger partial charge on any atom is 0.407 e. The molecule has 2 aromatic rings. The van der Waals surface area contributed by atoms with Crippen molar-refractivity contribution in [2.75, 3.05) is 13.2 Å². The normalized spacial score (nSPS) is 26.2. The standard InChI is InChI=1S/C33H45N3O6/c34-29-25-13-7-8-14-26(25)30(31(29)38)36-32(39)23(17-21-9-3-1-4-10-21)19-28(37)27(18-22-11-5-2-6-12-22)35-33(40)42-24-15-16-41-20-24/h1,3-4,7-10,13-14,22-24,27-31,37-38H,2,5-6,11-12,15-20,34H2,(H,35,40)(H,36,39). The average molecular weight is 580 g/mol. The van der Waals surface area contributed by atoms with E-state index in [4.69, 9.17) is 15.2 Å². The summed E-state index contributed by atoms with van der Waals surface area (Å²) in [6.45, 7) is 0.940. The van der Waals surface area contributed by atoms with Gasteiger partial charge in [0.15, 0.2) is 0 Å². The predicted octanol–water partition coefficient (Wildman–Crippen LogP) is 3.68. The van der Waals surface area contributed by atoms with Gasteiger partial charge in [-0.1, -0.05) is 86.7 Å². The van der Waals surface area contributed by atoms with E-state index in [9.17, 15) is 19.8 Å². The van der Waals surface area contributed by atoms with Crippen LogP contribution in [0.5, 0.6) is 0 Å². The van der Waals surface area contributed by atoms with Gasteiger partial charge in [-0.15, -0.1) is 0 Å². The topological polar surface area (TPSA) is 143 Å². The fraction of sp³-hybridized carbons (Fsp3) is 0.576. The zero-order valence-electron chi connectivity index (χ0n) is 24.2. The van der Waals surface area contributed by atoms with Gasteiger partial charge in [0, 0.05) is 12.3 Å². The predicted molar refractivity (Wildman–Crippen MR) is 158 cm³/mol. The molecule has 42 heavy (non-hydrogen) atoms. The molecular formula is C33H45N3O6. The SMILES string of the molecule is NC1c2ccccc2C(NC(=O)C(Cc2ccccc2)CC(O)C(CC2CCCCC2)NC(=O)OC2CCOC2)C1O. The second-order valence-corrected chi connectivity index (χ2v) is 12.2. The lowest BCUT2D eigenvalue weighted by atomic mass is 9.82. The molecule has 1 heterocycles. The molecule has 5 rings (SSSR count). The summed E-state index contributed by atoms with van der Waals surface area (Å²) in [4.78, 5) is 26.7. The number of aliphatic hydroxyl groups excluding tert-OH is 2. The summed E-state index contributed by atoms with van der Waals surface area (Å²) in [5.74, 6) is -0.483. The summed E-state index contributed by atoms with van der Waals surface area (Å²) >= 11 is 0. The largest absolute Gasteiger partial charge is 0.444 e. The molecule has 7 unspecified atom stereocenters. The highest BCUT2D eigenvalue weighted by molar-refractivity contribution is 5.80. The number of hydrogen-bond acceptors (Lipinski definition) is 7. The van der Waals surface area contributed by atoms with Gasteiger partial charge in [0.1, 0.15) is 6.10 Å². The van der Waals surface area contributed by atoms with E-state index >= 15 is 0 Å². The van der Waals surface area contributed by atoms with Crippen LogP contribution in [0.2, 0.25) is 0 Å².